The van der Waals surface area contributed by atoms with E-state index in [-0.39, 0.29) is 18.8 Å². The number of hydrogen-bond acceptors (Lipinski definition) is 5. The van der Waals surface area contributed by atoms with Gasteiger partial charge in [-0.05, 0) is 19.1 Å². The molecule has 2 amide bonds. The third-order valence-electron chi connectivity index (χ3n) is 3.76. The number of benzene rings is 2. The number of para-hydroxylation sites is 1. The van der Waals surface area contributed by atoms with E-state index in [0.29, 0.717) is 10.6 Å². The number of amides is 2. The number of hydrogen-bond donors (Lipinski definition) is 2. The molecular weight excluding hydrogens is 381 g/mol. The van der Waals surface area contributed by atoms with Gasteiger partial charge in [0.05, 0.1) is 18.7 Å². The Morgan fingerprint density at radius 2 is 1.79 bits per heavy atom. The summed E-state index contributed by atoms with van der Waals surface area (Å²) in [6, 6.07) is 15.5. The standard InChI is InChI=1S/C20H18FN3O3S/c1-13-18(28-20(22-13)14-7-3-2-4-8-14)19(26)24-23-17(25)11-12-27-16-10-6-5-9-15(16)21/h2-10H,11-12H2,1H3,(H,23,25)(H,24,26). The number of carbonyl (C=O) groups is 2. The summed E-state index contributed by atoms with van der Waals surface area (Å²) in [6.45, 7) is 1.72. The van der Waals surface area contributed by atoms with Crippen LogP contribution in [0.3, 0.4) is 0 Å². The van der Waals surface area contributed by atoms with E-state index in [0.717, 1.165) is 10.6 Å². The van der Waals surface area contributed by atoms with E-state index < -0.39 is 17.6 Å². The van der Waals surface area contributed by atoms with Crippen LogP contribution in [-0.2, 0) is 4.79 Å². The van der Waals surface area contributed by atoms with Gasteiger partial charge in [0.1, 0.15) is 9.88 Å². The van der Waals surface area contributed by atoms with Crippen molar-refractivity contribution < 1.29 is 18.7 Å². The summed E-state index contributed by atoms with van der Waals surface area (Å²) in [5.41, 5.74) is 6.19. The highest BCUT2D eigenvalue weighted by molar-refractivity contribution is 7.17. The summed E-state index contributed by atoms with van der Waals surface area (Å²) >= 11 is 1.25. The van der Waals surface area contributed by atoms with Crippen molar-refractivity contribution in [2.45, 2.75) is 13.3 Å². The zero-order valence-corrected chi connectivity index (χ0v) is 15.9. The summed E-state index contributed by atoms with van der Waals surface area (Å²) in [5.74, 6) is -1.31. The molecule has 0 bridgehead atoms. The number of nitrogens with one attached hydrogen (secondary N) is 2. The van der Waals surface area contributed by atoms with E-state index >= 15 is 0 Å². The molecule has 28 heavy (non-hydrogen) atoms. The normalized spacial score (nSPS) is 10.4. The van der Waals surface area contributed by atoms with Crippen LogP contribution in [0.25, 0.3) is 10.6 Å². The second-order valence-electron chi connectivity index (χ2n) is 5.83. The number of thiazole rings is 1. The number of aromatic nitrogens is 1. The molecule has 0 atom stereocenters. The van der Waals surface area contributed by atoms with Gasteiger partial charge in [0.2, 0.25) is 5.91 Å². The van der Waals surface area contributed by atoms with Crippen LogP contribution in [0.4, 0.5) is 4.39 Å². The predicted octanol–water partition coefficient (Wildman–Crippen LogP) is 3.49. The van der Waals surface area contributed by atoms with Crippen molar-refractivity contribution in [1.29, 1.82) is 0 Å². The Morgan fingerprint density at radius 3 is 2.54 bits per heavy atom. The molecule has 144 valence electrons. The van der Waals surface area contributed by atoms with Gasteiger partial charge in [-0.3, -0.25) is 20.4 Å². The van der Waals surface area contributed by atoms with Crippen molar-refractivity contribution in [3.8, 4) is 16.3 Å². The Balaban J connectivity index is 1.49. The van der Waals surface area contributed by atoms with E-state index in [1.807, 2.05) is 30.3 Å². The number of nitrogens with zero attached hydrogens (tertiary/aromatic N) is 1. The Kier molecular flexibility index (Phi) is 6.33. The molecule has 1 aromatic heterocycles. The number of halogens is 1. The molecule has 0 fully saturated rings. The second kappa shape index (κ2) is 9.09. The Morgan fingerprint density at radius 1 is 1.07 bits per heavy atom. The van der Waals surface area contributed by atoms with Gasteiger partial charge in [0, 0.05) is 5.56 Å². The van der Waals surface area contributed by atoms with Crippen LogP contribution >= 0.6 is 11.3 Å². The fourth-order valence-electron chi connectivity index (χ4n) is 2.37. The molecule has 0 aliphatic carbocycles. The van der Waals surface area contributed by atoms with Crippen molar-refractivity contribution in [2.24, 2.45) is 0 Å². The van der Waals surface area contributed by atoms with Crippen molar-refractivity contribution in [3.05, 3.63) is 71.0 Å². The van der Waals surface area contributed by atoms with E-state index in [1.165, 1.54) is 23.5 Å². The smallest absolute Gasteiger partial charge is 0.281 e. The summed E-state index contributed by atoms with van der Waals surface area (Å²) in [4.78, 5) is 29.0. The highest BCUT2D eigenvalue weighted by Gasteiger charge is 2.16. The third kappa shape index (κ3) is 4.92. The SMILES string of the molecule is Cc1nc(-c2ccccc2)sc1C(=O)NNC(=O)CCOc1ccccc1F. The second-order valence-corrected chi connectivity index (χ2v) is 6.83. The van der Waals surface area contributed by atoms with Crippen LogP contribution in [0.5, 0.6) is 5.75 Å². The molecule has 8 heteroatoms. The molecule has 0 spiro atoms. The Bertz CT molecular complexity index is 976. The average Bonchev–Trinajstić information content (AvgIpc) is 3.10. The lowest BCUT2D eigenvalue weighted by Crippen LogP contribution is -2.42. The zero-order chi connectivity index (χ0) is 19.9. The highest BCUT2D eigenvalue weighted by atomic mass is 32.1. The minimum Gasteiger partial charge on any atom is -0.490 e. The lowest BCUT2D eigenvalue weighted by atomic mass is 10.2. The molecule has 0 radical (unpaired) electrons. The van der Waals surface area contributed by atoms with Crippen molar-refractivity contribution in [1.82, 2.24) is 15.8 Å². The van der Waals surface area contributed by atoms with E-state index in [1.54, 1.807) is 19.1 Å². The number of ether oxygens (including phenoxy) is 1. The first kappa shape index (κ1) is 19.5. The lowest BCUT2D eigenvalue weighted by Gasteiger charge is -2.08. The Hall–Kier alpha value is -3.26. The van der Waals surface area contributed by atoms with Crippen LogP contribution < -0.4 is 15.6 Å². The fourth-order valence-corrected chi connectivity index (χ4v) is 3.34. The third-order valence-corrected chi connectivity index (χ3v) is 4.97. The molecule has 0 aliphatic rings. The summed E-state index contributed by atoms with van der Waals surface area (Å²) in [5, 5.41) is 0.730. The van der Waals surface area contributed by atoms with Crippen LogP contribution in [-0.4, -0.2) is 23.4 Å². The van der Waals surface area contributed by atoms with Gasteiger partial charge in [-0.25, -0.2) is 9.37 Å². The maximum absolute atomic E-state index is 13.4. The van der Waals surface area contributed by atoms with Crippen LogP contribution in [0.15, 0.2) is 54.6 Å². The number of hydrazine groups is 1. The molecule has 0 aliphatic heterocycles. The van der Waals surface area contributed by atoms with Gasteiger partial charge in [-0.2, -0.15) is 0 Å². The maximum atomic E-state index is 13.4. The summed E-state index contributed by atoms with van der Waals surface area (Å²) in [6.07, 6.45) is -0.0362. The molecule has 0 saturated carbocycles. The van der Waals surface area contributed by atoms with Crippen LogP contribution in [0.1, 0.15) is 21.8 Å². The molecular formula is C20H18FN3O3S. The first-order chi connectivity index (χ1) is 13.5. The van der Waals surface area contributed by atoms with Gasteiger partial charge >= 0.3 is 0 Å². The molecule has 0 unspecified atom stereocenters. The topological polar surface area (TPSA) is 80.3 Å². The quantitative estimate of drug-likeness (QED) is 0.622. The monoisotopic (exact) mass is 399 g/mol. The first-order valence-corrected chi connectivity index (χ1v) is 9.35. The molecule has 3 aromatic rings. The summed E-state index contributed by atoms with van der Waals surface area (Å²) < 4.78 is 18.6. The lowest BCUT2D eigenvalue weighted by molar-refractivity contribution is -0.122. The number of aryl methyl sites for hydroxylation is 1. The van der Waals surface area contributed by atoms with E-state index in [9.17, 15) is 14.0 Å². The average molecular weight is 399 g/mol. The predicted molar refractivity (Wildman–Crippen MR) is 104 cm³/mol. The van der Waals surface area contributed by atoms with Crippen molar-refractivity contribution in [3.63, 3.8) is 0 Å². The minimum absolute atomic E-state index is 0.0135. The van der Waals surface area contributed by atoms with Gasteiger partial charge in [0.25, 0.3) is 5.91 Å². The molecule has 2 aromatic carbocycles. The molecule has 6 nitrogen and oxygen atoms in total. The maximum Gasteiger partial charge on any atom is 0.281 e. The van der Waals surface area contributed by atoms with Gasteiger partial charge in [0.15, 0.2) is 11.6 Å². The highest BCUT2D eigenvalue weighted by Crippen LogP contribution is 2.27. The van der Waals surface area contributed by atoms with Gasteiger partial charge in [-0.15, -0.1) is 11.3 Å². The molecule has 3 rings (SSSR count). The van der Waals surface area contributed by atoms with Crippen LogP contribution in [0, 0.1) is 12.7 Å². The first-order valence-electron chi connectivity index (χ1n) is 8.54. The van der Waals surface area contributed by atoms with Gasteiger partial charge in [-0.1, -0.05) is 42.5 Å². The molecule has 2 N–H and O–H groups in total. The molecule has 0 saturated heterocycles. The van der Waals surface area contributed by atoms with Crippen LogP contribution in [0.2, 0.25) is 0 Å². The zero-order valence-electron chi connectivity index (χ0n) is 15.1. The van der Waals surface area contributed by atoms with E-state index in [4.69, 9.17) is 4.74 Å². The largest absolute Gasteiger partial charge is 0.490 e. The van der Waals surface area contributed by atoms with Crippen molar-refractivity contribution >= 4 is 23.2 Å². The fraction of sp³-hybridized carbons (Fsp3) is 0.150. The minimum atomic E-state index is -0.494. The van der Waals surface area contributed by atoms with E-state index in [2.05, 4.69) is 15.8 Å². The number of rotatable bonds is 6. The van der Waals surface area contributed by atoms with Gasteiger partial charge < -0.3 is 4.74 Å². The summed E-state index contributed by atoms with van der Waals surface area (Å²) in [7, 11) is 0. The molecule has 1 heterocycles. The van der Waals surface area contributed by atoms with Crippen molar-refractivity contribution in [2.75, 3.05) is 6.61 Å². The number of carbonyl (C=O) groups excluding carboxylic acids is 2. The Labute approximate surface area is 165 Å².